The second-order valence-electron chi connectivity index (χ2n) is 18.5. The fraction of sp³-hybridized carbons (Fsp3) is 0.333. The van der Waals surface area contributed by atoms with Gasteiger partial charge in [0.15, 0.2) is 18.8 Å². The van der Waals surface area contributed by atoms with E-state index in [1.807, 2.05) is 182 Å². The fourth-order valence-electron chi connectivity index (χ4n) is 9.39. The quantitative estimate of drug-likeness (QED) is 0.0399. The van der Waals surface area contributed by atoms with Gasteiger partial charge in [0.1, 0.15) is 63.0 Å². The first-order chi connectivity index (χ1) is 37.5. The Bertz CT molecular complexity index is 2920. The minimum absolute atomic E-state index is 0.161. The van der Waals surface area contributed by atoms with E-state index in [4.69, 9.17) is 56.8 Å². The zero-order chi connectivity index (χ0) is 51.7. The van der Waals surface area contributed by atoms with Crippen LogP contribution in [0, 0.1) is 0 Å². The third-order valence-electron chi connectivity index (χ3n) is 13.2. The highest BCUT2D eigenvalue weighted by Crippen LogP contribution is 2.39. The molecule has 16 heteroatoms. The molecule has 4 heterocycles. The SMILES string of the molecule is O=c1ccn([C@@H]2O[C@H](CO[C@H]3O[C@H]4CO[C@H](c5ccccc5)O[C@@H]4[C@@H](OCc4ccccc4)[C@H]3OCc3ccccc3)[C@@H](OCOCc3ccccc3)[C@H]2OCOCc2ccccc2)c(=O)n1COCc1ccccc1. The molecular formula is C60H62N2O14. The summed E-state index contributed by atoms with van der Waals surface area (Å²) >= 11 is 0. The number of hydrogen-bond acceptors (Lipinski definition) is 14. The van der Waals surface area contributed by atoms with Crippen molar-refractivity contribution in [2.75, 3.05) is 26.8 Å². The molecule has 0 N–H and O–H groups in total. The van der Waals surface area contributed by atoms with Crippen molar-refractivity contribution in [3.63, 3.8) is 0 Å². The largest absolute Gasteiger partial charge is 0.368 e. The second kappa shape index (κ2) is 27.0. The highest BCUT2D eigenvalue weighted by molar-refractivity contribution is 5.19. The highest BCUT2D eigenvalue weighted by Gasteiger charge is 2.54. The van der Waals surface area contributed by atoms with E-state index in [1.165, 1.54) is 16.8 Å². The van der Waals surface area contributed by atoms with E-state index in [9.17, 15) is 9.59 Å². The van der Waals surface area contributed by atoms with Crippen LogP contribution in [0.15, 0.2) is 204 Å². The van der Waals surface area contributed by atoms with Crippen molar-refractivity contribution in [2.24, 2.45) is 0 Å². The second-order valence-corrected chi connectivity index (χ2v) is 18.5. The molecule has 0 saturated carbocycles. The summed E-state index contributed by atoms with van der Waals surface area (Å²) in [7, 11) is 0. The Balaban J connectivity index is 0.950. The van der Waals surface area contributed by atoms with Gasteiger partial charge in [0.2, 0.25) is 0 Å². The summed E-state index contributed by atoms with van der Waals surface area (Å²) < 4.78 is 80.8. The first kappa shape index (κ1) is 52.9. The molecule has 0 radical (unpaired) electrons. The zero-order valence-electron chi connectivity index (χ0n) is 41.9. The lowest BCUT2D eigenvalue weighted by molar-refractivity contribution is -0.374. The Morgan fingerprint density at radius 2 is 0.947 bits per heavy atom. The van der Waals surface area contributed by atoms with Crippen LogP contribution < -0.4 is 11.2 Å². The minimum atomic E-state index is -1.17. The molecule has 16 nitrogen and oxygen atoms in total. The van der Waals surface area contributed by atoms with Gasteiger partial charge in [-0.15, -0.1) is 0 Å². The molecule has 0 unspecified atom stereocenters. The summed E-state index contributed by atoms with van der Waals surface area (Å²) in [5.74, 6) is 0. The molecule has 76 heavy (non-hydrogen) atoms. The van der Waals surface area contributed by atoms with Gasteiger partial charge in [0, 0.05) is 17.8 Å². The maximum atomic E-state index is 14.5. The predicted octanol–water partition coefficient (Wildman–Crippen LogP) is 8.23. The van der Waals surface area contributed by atoms with Gasteiger partial charge in [-0.05, 0) is 27.8 Å². The van der Waals surface area contributed by atoms with Crippen molar-refractivity contribution in [1.29, 1.82) is 0 Å². The van der Waals surface area contributed by atoms with Gasteiger partial charge in [-0.25, -0.2) is 9.36 Å². The fourth-order valence-corrected chi connectivity index (χ4v) is 9.39. The summed E-state index contributed by atoms with van der Waals surface area (Å²) in [4.78, 5) is 27.9. The Kier molecular flexibility index (Phi) is 18.8. The highest BCUT2D eigenvalue weighted by atomic mass is 16.8. The minimum Gasteiger partial charge on any atom is -0.368 e. The lowest BCUT2D eigenvalue weighted by Gasteiger charge is -2.49. The van der Waals surface area contributed by atoms with E-state index < -0.39 is 72.8 Å². The van der Waals surface area contributed by atoms with Crippen molar-refractivity contribution in [3.05, 3.63) is 248 Å². The monoisotopic (exact) mass is 1030 g/mol. The number of ether oxygens (including phenoxy) is 12. The van der Waals surface area contributed by atoms with E-state index in [1.54, 1.807) is 0 Å². The van der Waals surface area contributed by atoms with E-state index in [-0.39, 0.29) is 66.6 Å². The number of aromatic nitrogens is 2. The van der Waals surface area contributed by atoms with Gasteiger partial charge in [0.05, 0.1) is 46.2 Å². The van der Waals surface area contributed by atoms with Crippen LogP contribution in [0.3, 0.4) is 0 Å². The van der Waals surface area contributed by atoms with Gasteiger partial charge >= 0.3 is 5.69 Å². The van der Waals surface area contributed by atoms with E-state index in [0.717, 1.165) is 37.9 Å². The van der Waals surface area contributed by atoms with E-state index >= 15 is 0 Å². The van der Waals surface area contributed by atoms with Crippen LogP contribution in [0.4, 0.5) is 0 Å². The normalized spacial score (nSPS) is 24.3. The Morgan fingerprint density at radius 3 is 1.50 bits per heavy atom. The zero-order valence-corrected chi connectivity index (χ0v) is 41.9. The lowest BCUT2D eigenvalue weighted by Crippen LogP contribution is -2.63. The predicted molar refractivity (Wildman–Crippen MR) is 277 cm³/mol. The van der Waals surface area contributed by atoms with Gasteiger partial charge in [-0.1, -0.05) is 182 Å². The van der Waals surface area contributed by atoms with Gasteiger partial charge in [-0.2, -0.15) is 0 Å². The van der Waals surface area contributed by atoms with Crippen LogP contribution in [0.25, 0.3) is 0 Å². The molecule has 3 aliphatic rings. The van der Waals surface area contributed by atoms with E-state index in [2.05, 4.69) is 0 Å². The standard InChI is InChI=1S/C60H62N2O14/c63-51-31-32-61(60(64)62(51)40-65-33-43-19-7-1-8-20-43)57-55(73-42-67-35-45-23-11-3-12-24-45)52(72-41-66-34-44-21-9-2-10-22-44)49(74-57)38-71-59-56(69-37-47-27-15-5-16-28-47)54(68-36-46-25-13-4-14-26-46)53-50(75-59)39-70-58(76-53)48-29-17-6-18-30-48/h1-32,49-50,52-59H,33-42H2/t49-,50+,52-,53+,54-,55-,56-,57-,58+,59+/m1/s1. The molecule has 0 bridgehead atoms. The molecule has 3 fully saturated rings. The molecule has 3 aliphatic heterocycles. The average Bonchev–Trinajstić information content (AvgIpc) is 3.82. The molecule has 7 aromatic rings. The van der Waals surface area contributed by atoms with Crippen molar-refractivity contribution >= 4 is 0 Å². The third kappa shape index (κ3) is 13.9. The summed E-state index contributed by atoms with van der Waals surface area (Å²) in [6.45, 7) is 0.438. The molecule has 396 valence electrons. The van der Waals surface area contributed by atoms with Crippen molar-refractivity contribution in [3.8, 4) is 0 Å². The smallest absolute Gasteiger partial charge is 0.335 e. The number of benzene rings is 6. The van der Waals surface area contributed by atoms with Gasteiger partial charge in [0.25, 0.3) is 5.56 Å². The molecule has 1 aromatic heterocycles. The summed E-state index contributed by atoms with van der Waals surface area (Å²) in [6, 6.07) is 59.6. The average molecular weight is 1040 g/mol. The Hall–Kier alpha value is -6.48. The molecule has 0 amide bonds. The number of fused-ring (bicyclic) bond motifs is 1. The van der Waals surface area contributed by atoms with Crippen LogP contribution in [0.1, 0.15) is 45.9 Å². The summed E-state index contributed by atoms with van der Waals surface area (Å²) in [6.07, 6.45) is -7.29. The van der Waals surface area contributed by atoms with Crippen molar-refractivity contribution in [1.82, 2.24) is 9.13 Å². The van der Waals surface area contributed by atoms with Crippen molar-refractivity contribution in [2.45, 2.75) is 101 Å². The summed E-state index contributed by atoms with van der Waals surface area (Å²) in [5, 5.41) is 0. The van der Waals surface area contributed by atoms with Crippen LogP contribution in [0.2, 0.25) is 0 Å². The topological polar surface area (TPSA) is 155 Å². The van der Waals surface area contributed by atoms with Crippen LogP contribution >= 0.6 is 0 Å². The van der Waals surface area contributed by atoms with Crippen LogP contribution in [-0.2, 0) is 96.6 Å². The van der Waals surface area contributed by atoms with Gasteiger partial charge < -0.3 is 56.8 Å². The number of nitrogens with zero attached hydrogens (tertiary/aromatic N) is 2. The molecule has 0 aliphatic carbocycles. The summed E-state index contributed by atoms with van der Waals surface area (Å²) in [5.41, 5.74) is 4.26. The lowest BCUT2D eigenvalue weighted by atomic mass is 9.97. The molecule has 10 atom stereocenters. The molecule has 0 spiro atoms. The molecule has 6 aromatic carbocycles. The van der Waals surface area contributed by atoms with E-state index in [0.29, 0.717) is 0 Å². The first-order valence-corrected chi connectivity index (χ1v) is 25.5. The maximum Gasteiger partial charge on any atom is 0.335 e. The Labute approximate surface area is 441 Å². The maximum absolute atomic E-state index is 14.5. The molecule has 10 rings (SSSR count). The van der Waals surface area contributed by atoms with Crippen LogP contribution in [-0.4, -0.2) is 85.0 Å². The van der Waals surface area contributed by atoms with Gasteiger partial charge in [-0.3, -0.25) is 9.36 Å². The molecule has 3 saturated heterocycles. The number of rotatable bonds is 25. The number of hydrogen-bond donors (Lipinski definition) is 0. The van der Waals surface area contributed by atoms with Crippen molar-refractivity contribution < 1.29 is 56.8 Å². The molecular weight excluding hydrogens is 973 g/mol. The third-order valence-corrected chi connectivity index (χ3v) is 13.2. The first-order valence-electron chi connectivity index (χ1n) is 25.5. The Morgan fingerprint density at radius 1 is 0.461 bits per heavy atom. The van der Waals surface area contributed by atoms with Crippen LogP contribution in [0.5, 0.6) is 0 Å².